The van der Waals surface area contributed by atoms with E-state index in [0.717, 1.165) is 0 Å². The molecule has 8 heteroatoms. The predicted octanol–water partition coefficient (Wildman–Crippen LogP) is 2.60. The van der Waals surface area contributed by atoms with E-state index in [1.807, 2.05) is 26.0 Å². The zero-order chi connectivity index (χ0) is 18.4. The standard InChI is InChI=1S/C17H17N5O3/c1-3-14-16(22(4-2)15(21-14)10-24-17(20)23)25-13-6-11(8-18)5-12(7-13)9-19/h5-7H,3-4,10H2,1-2H3,(H2,20,23). The van der Waals surface area contributed by atoms with Crippen molar-refractivity contribution in [2.45, 2.75) is 33.4 Å². The summed E-state index contributed by atoms with van der Waals surface area (Å²) in [7, 11) is 0. The average molecular weight is 339 g/mol. The molecule has 0 saturated carbocycles. The zero-order valence-corrected chi connectivity index (χ0v) is 13.9. The van der Waals surface area contributed by atoms with Crippen LogP contribution in [0.25, 0.3) is 0 Å². The van der Waals surface area contributed by atoms with Crippen molar-refractivity contribution in [3.05, 3.63) is 40.8 Å². The smallest absolute Gasteiger partial charge is 0.404 e. The summed E-state index contributed by atoms with van der Waals surface area (Å²) in [5.74, 6) is 1.35. The van der Waals surface area contributed by atoms with Gasteiger partial charge >= 0.3 is 6.09 Å². The molecule has 0 saturated heterocycles. The summed E-state index contributed by atoms with van der Waals surface area (Å²) in [5.41, 5.74) is 6.33. The summed E-state index contributed by atoms with van der Waals surface area (Å²) in [4.78, 5) is 15.3. The lowest BCUT2D eigenvalue weighted by atomic mass is 10.1. The van der Waals surface area contributed by atoms with Crippen LogP contribution in [0.1, 0.15) is 36.5 Å². The second-order valence-electron chi connectivity index (χ2n) is 5.06. The number of primary amides is 1. The number of carbonyl (C=O) groups is 1. The minimum absolute atomic E-state index is 0.0682. The number of aryl methyl sites for hydroxylation is 1. The predicted molar refractivity (Wildman–Crippen MR) is 87.6 cm³/mol. The van der Waals surface area contributed by atoms with Crippen LogP contribution in [0.5, 0.6) is 11.6 Å². The topological polar surface area (TPSA) is 127 Å². The second-order valence-corrected chi connectivity index (χ2v) is 5.06. The fraction of sp³-hybridized carbons (Fsp3) is 0.294. The summed E-state index contributed by atoms with van der Waals surface area (Å²) in [5, 5.41) is 18.2. The van der Waals surface area contributed by atoms with Gasteiger partial charge in [-0.15, -0.1) is 0 Å². The molecule has 8 nitrogen and oxygen atoms in total. The van der Waals surface area contributed by atoms with Crippen molar-refractivity contribution in [2.24, 2.45) is 5.73 Å². The molecule has 0 atom stereocenters. The van der Waals surface area contributed by atoms with Crippen LogP contribution >= 0.6 is 0 Å². The number of ether oxygens (including phenoxy) is 2. The monoisotopic (exact) mass is 339 g/mol. The van der Waals surface area contributed by atoms with Gasteiger partial charge in [-0.1, -0.05) is 6.92 Å². The molecule has 2 N–H and O–H groups in total. The fourth-order valence-electron chi connectivity index (χ4n) is 2.35. The Balaban J connectivity index is 2.43. The van der Waals surface area contributed by atoms with Gasteiger partial charge in [-0.05, 0) is 31.5 Å². The lowest BCUT2D eigenvalue weighted by Gasteiger charge is -2.12. The molecule has 1 amide bonds. The summed E-state index contributed by atoms with van der Waals surface area (Å²) < 4.78 is 12.5. The molecular weight excluding hydrogens is 322 g/mol. The Hall–Kier alpha value is -3.52. The van der Waals surface area contributed by atoms with Crippen LogP contribution in [0.4, 0.5) is 4.79 Å². The Kier molecular flexibility index (Phi) is 5.59. The Morgan fingerprint density at radius 1 is 1.24 bits per heavy atom. The van der Waals surface area contributed by atoms with Gasteiger partial charge < -0.3 is 15.2 Å². The van der Waals surface area contributed by atoms with Gasteiger partial charge in [0.25, 0.3) is 0 Å². The van der Waals surface area contributed by atoms with Gasteiger partial charge in [-0.2, -0.15) is 10.5 Å². The van der Waals surface area contributed by atoms with E-state index in [9.17, 15) is 4.79 Å². The van der Waals surface area contributed by atoms with Crippen LogP contribution in [-0.2, 0) is 24.3 Å². The van der Waals surface area contributed by atoms with Crippen molar-refractivity contribution >= 4 is 6.09 Å². The van der Waals surface area contributed by atoms with Crippen LogP contribution < -0.4 is 10.5 Å². The Morgan fingerprint density at radius 2 is 1.88 bits per heavy atom. The van der Waals surface area contributed by atoms with Gasteiger partial charge in [0, 0.05) is 6.54 Å². The Labute approximate surface area is 145 Å². The summed E-state index contributed by atoms with van der Waals surface area (Å²) >= 11 is 0. The number of aromatic nitrogens is 2. The van der Waals surface area contributed by atoms with E-state index in [-0.39, 0.29) is 6.61 Å². The quantitative estimate of drug-likeness (QED) is 0.861. The van der Waals surface area contributed by atoms with E-state index in [1.54, 1.807) is 16.7 Å². The fourth-order valence-corrected chi connectivity index (χ4v) is 2.35. The van der Waals surface area contributed by atoms with Crippen LogP contribution in [0.3, 0.4) is 0 Å². The third-order valence-corrected chi connectivity index (χ3v) is 3.44. The van der Waals surface area contributed by atoms with E-state index >= 15 is 0 Å². The van der Waals surface area contributed by atoms with Crippen molar-refractivity contribution in [3.63, 3.8) is 0 Å². The summed E-state index contributed by atoms with van der Waals surface area (Å²) in [6.07, 6.45) is -0.291. The average Bonchev–Trinajstić information content (AvgIpc) is 2.95. The van der Waals surface area contributed by atoms with Crippen molar-refractivity contribution in [3.8, 4) is 23.8 Å². The number of imidazole rings is 1. The first-order valence-electron chi connectivity index (χ1n) is 7.66. The number of nitriles is 2. The highest BCUT2D eigenvalue weighted by molar-refractivity contribution is 5.64. The maximum Gasteiger partial charge on any atom is 0.404 e. The molecule has 0 unspecified atom stereocenters. The molecule has 1 aromatic carbocycles. The van der Waals surface area contributed by atoms with Gasteiger partial charge in [-0.25, -0.2) is 9.78 Å². The minimum Gasteiger partial charge on any atom is -0.442 e. The van der Waals surface area contributed by atoms with Gasteiger partial charge in [0.2, 0.25) is 5.88 Å². The molecule has 0 spiro atoms. The van der Waals surface area contributed by atoms with Crippen molar-refractivity contribution in [1.29, 1.82) is 10.5 Å². The largest absolute Gasteiger partial charge is 0.442 e. The van der Waals surface area contributed by atoms with Crippen molar-refractivity contribution < 1.29 is 14.3 Å². The van der Waals surface area contributed by atoms with Gasteiger partial charge in [0.15, 0.2) is 6.61 Å². The van der Waals surface area contributed by atoms with Crippen LogP contribution in [0.2, 0.25) is 0 Å². The van der Waals surface area contributed by atoms with Gasteiger partial charge in [0.05, 0.1) is 23.3 Å². The first-order valence-corrected chi connectivity index (χ1v) is 7.66. The Bertz CT molecular complexity index is 841. The first kappa shape index (κ1) is 17.8. The van der Waals surface area contributed by atoms with E-state index in [2.05, 4.69) is 4.98 Å². The molecule has 128 valence electrons. The molecule has 25 heavy (non-hydrogen) atoms. The first-order chi connectivity index (χ1) is 12.0. The molecule has 2 aromatic rings. The molecule has 2 rings (SSSR count). The van der Waals surface area contributed by atoms with E-state index in [4.69, 9.17) is 25.7 Å². The maximum atomic E-state index is 10.8. The minimum atomic E-state index is -0.883. The molecule has 0 aliphatic carbocycles. The number of benzene rings is 1. The number of nitrogens with two attached hydrogens (primary N) is 1. The van der Waals surface area contributed by atoms with Gasteiger partial charge in [-0.3, -0.25) is 4.57 Å². The number of amides is 1. The summed E-state index contributed by atoms with van der Waals surface area (Å²) in [6.45, 7) is 4.28. The SMILES string of the molecule is CCc1nc(COC(N)=O)n(CC)c1Oc1cc(C#N)cc(C#N)c1. The van der Waals surface area contributed by atoms with E-state index in [0.29, 0.717) is 47.2 Å². The molecular formula is C17H17N5O3. The number of hydrogen-bond acceptors (Lipinski definition) is 6. The molecule has 0 radical (unpaired) electrons. The highest BCUT2D eigenvalue weighted by Gasteiger charge is 2.18. The number of rotatable bonds is 6. The lowest BCUT2D eigenvalue weighted by Crippen LogP contribution is -2.15. The molecule has 0 aliphatic rings. The number of nitrogens with zero attached hydrogens (tertiary/aromatic N) is 4. The molecule has 0 fully saturated rings. The number of carbonyl (C=O) groups excluding carboxylic acids is 1. The third-order valence-electron chi connectivity index (χ3n) is 3.44. The molecule has 1 heterocycles. The van der Waals surface area contributed by atoms with Crippen LogP contribution in [0.15, 0.2) is 18.2 Å². The molecule has 0 bridgehead atoms. The van der Waals surface area contributed by atoms with Gasteiger partial charge in [0.1, 0.15) is 17.3 Å². The second kappa shape index (κ2) is 7.84. The normalized spacial score (nSPS) is 9.92. The van der Waals surface area contributed by atoms with Crippen LogP contribution in [0, 0.1) is 22.7 Å². The highest BCUT2D eigenvalue weighted by atomic mass is 16.5. The lowest BCUT2D eigenvalue weighted by molar-refractivity contribution is 0.145. The molecule has 0 aliphatic heterocycles. The summed E-state index contributed by atoms with van der Waals surface area (Å²) in [6, 6.07) is 8.58. The number of hydrogen-bond donors (Lipinski definition) is 1. The zero-order valence-electron chi connectivity index (χ0n) is 13.9. The van der Waals surface area contributed by atoms with E-state index in [1.165, 1.54) is 6.07 Å². The van der Waals surface area contributed by atoms with E-state index < -0.39 is 6.09 Å². The molecule has 1 aromatic heterocycles. The van der Waals surface area contributed by atoms with Crippen molar-refractivity contribution in [2.75, 3.05) is 0 Å². The van der Waals surface area contributed by atoms with Crippen LogP contribution in [-0.4, -0.2) is 15.6 Å². The van der Waals surface area contributed by atoms with Crippen molar-refractivity contribution in [1.82, 2.24) is 9.55 Å². The Morgan fingerprint density at radius 3 is 2.36 bits per heavy atom. The third kappa shape index (κ3) is 4.06. The maximum absolute atomic E-state index is 10.8. The highest BCUT2D eigenvalue weighted by Crippen LogP contribution is 2.29.